The Bertz CT molecular complexity index is 1140. The minimum Gasteiger partial charge on any atom is -0.480 e. The molecule has 7 nitrogen and oxygen atoms in total. The van der Waals surface area contributed by atoms with Crippen LogP contribution in [0.15, 0.2) is 58.1 Å². The minimum atomic E-state index is -1.19. The number of hydrogen-bond donors (Lipinski definition) is 1. The maximum Gasteiger partial charge on any atom is 0.336 e. The maximum absolute atomic E-state index is 13.0. The van der Waals surface area contributed by atoms with Gasteiger partial charge in [-0.15, -0.1) is 0 Å². The highest BCUT2D eigenvalue weighted by Gasteiger charge is 2.22. The fraction of sp³-hybridized carbons (Fsp3) is 0.158. The number of Topliss-reactive ketones (excluding diaryl/α,β-unsaturated/α-hetero) is 1. The Balaban J connectivity index is 2.39. The third-order valence-corrected chi connectivity index (χ3v) is 4.27. The molecule has 0 fully saturated rings. The molecule has 0 amide bonds. The van der Waals surface area contributed by atoms with Crippen LogP contribution >= 0.6 is 0 Å². The Morgan fingerprint density at radius 3 is 2.19 bits per heavy atom. The van der Waals surface area contributed by atoms with Crippen molar-refractivity contribution < 1.29 is 14.7 Å². The molecule has 0 spiro atoms. The van der Waals surface area contributed by atoms with E-state index in [1.165, 1.54) is 38.1 Å². The SMILES string of the molecule is CC(=O)c1ccc(-n2c(=O)c3ccccc3n([C@H](C)C(=O)O)c2=O)cc1. The molecule has 1 atom stereocenters. The number of para-hydroxylation sites is 1. The third kappa shape index (κ3) is 2.73. The first-order valence-corrected chi connectivity index (χ1v) is 7.93. The molecule has 0 bridgehead atoms. The number of aliphatic carboxylic acids is 1. The number of ketones is 1. The van der Waals surface area contributed by atoms with E-state index in [-0.39, 0.29) is 22.4 Å². The number of carboxylic acids is 1. The zero-order valence-electron chi connectivity index (χ0n) is 14.2. The number of carbonyl (C=O) groups is 2. The summed E-state index contributed by atoms with van der Waals surface area (Å²) in [6, 6.07) is 11.2. The first-order valence-electron chi connectivity index (χ1n) is 7.93. The van der Waals surface area contributed by atoms with E-state index >= 15 is 0 Å². The smallest absolute Gasteiger partial charge is 0.336 e. The van der Waals surface area contributed by atoms with Gasteiger partial charge in [0.2, 0.25) is 0 Å². The van der Waals surface area contributed by atoms with Gasteiger partial charge in [0.25, 0.3) is 5.56 Å². The van der Waals surface area contributed by atoms with E-state index in [0.29, 0.717) is 5.56 Å². The van der Waals surface area contributed by atoms with Crippen LogP contribution in [0.25, 0.3) is 16.6 Å². The summed E-state index contributed by atoms with van der Waals surface area (Å²) in [6.07, 6.45) is 0. The van der Waals surface area contributed by atoms with Crippen molar-refractivity contribution in [2.45, 2.75) is 19.9 Å². The molecule has 1 aromatic heterocycles. The lowest BCUT2D eigenvalue weighted by Crippen LogP contribution is -2.41. The molecular formula is C19H16N2O5. The summed E-state index contributed by atoms with van der Waals surface area (Å²) < 4.78 is 2.00. The number of benzene rings is 2. The van der Waals surface area contributed by atoms with Crippen LogP contribution in [-0.4, -0.2) is 26.0 Å². The second kappa shape index (κ2) is 6.44. The second-order valence-electron chi connectivity index (χ2n) is 5.93. The monoisotopic (exact) mass is 352 g/mol. The topological polar surface area (TPSA) is 98.4 Å². The van der Waals surface area contributed by atoms with Crippen molar-refractivity contribution in [2.75, 3.05) is 0 Å². The fourth-order valence-corrected chi connectivity index (χ4v) is 2.84. The molecule has 0 saturated carbocycles. The largest absolute Gasteiger partial charge is 0.480 e. The van der Waals surface area contributed by atoms with Crippen LogP contribution in [0.3, 0.4) is 0 Å². The Kier molecular flexibility index (Phi) is 4.29. The van der Waals surface area contributed by atoms with E-state index < -0.39 is 23.3 Å². The van der Waals surface area contributed by atoms with E-state index in [2.05, 4.69) is 0 Å². The number of carbonyl (C=O) groups excluding carboxylic acids is 1. The van der Waals surface area contributed by atoms with Gasteiger partial charge < -0.3 is 5.11 Å². The molecule has 3 rings (SSSR count). The molecule has 0 aliphatic heterocycles. The molecule has 132 valence electrons. The molecule has 0 radical (unpaired) electrons. The maximum atomic E-state index is 13.0. The van der Waals surface area contributed by atoms with Gasteiger partial charge in [-0.3, -0.25) is 14.2 Å². The van der Waals surface area contributed by atoms with Crippen LogP contribution < -0.4 is 11.2 Å². The number of hydrogen-bond acceptors (Lipinski definition) is 4. The lowest BCUT2D eigenvalue weighted by Gasteiger charge is -2.17. The van der Waals surface area contributed by atoms with E-state index in [9.17, 15) is 24.3 Å². The second-order valence-corrected chi connectivity index (χ2v) is 5.93. The highest BCUT2D eigenvalue weighted by molar-refractivity contribution is 5.94. The van der Waals surface area contributed by atoms with Crippen LogP contribution in [0.1, 0.15) is 30.2 Å². The summed E-state index contributed by atoms with van der Waals surface area (Å²) in [5, 5.41) is 9.60. The van der Waals surface area contributed by atoms with Gasteiger partial charge in [0.1, 0.15) is 6.04 Å². The number of rotatable bonds is 4. The van der Waals surface area contributed by atoms with Crippen molar-refractivity contribution in [3.8, 4) is 5.69 Å². The van der Waals surface area contributed by atoms with Gasteiger partial charge in [-0.25, -0.2) is 14.2 Å². The standard InChI is InChI=1S/C19H16N2O5/c1-11(18(24)25)20-16-6-4-3-5-15(16)17(23)21(19(20)26)14-9-7-13(8-10-14)12(2)22/h3-11H,1-2H3,(H,24,25)/t11-/m1/s1. The van der Waals surface area contributed by atoms with Crippen LogP contribution in [0, 0.1) is 0 Å². The number of fused-ring (bicyclic) bond motifs is 1. The molecule has 0 aliphatic carbocycles. The van der Waals surface area contributed by atoms with Gasteiger partial charge in [-0.2, -0.15) is 0 Å². The molecule has 3 aromatic rings. The van der Waals surface area contributed by atoms with E-state index in [1.54, 1.807) is 24.3 Å². The van der Waals surface area contributed by atoms with E-state index in [0.717, 1.165) is 9.13 Å². The quantitative estimate of drug-likeness (QED) is 0.724. The van der Waals surface area contributed by atoms with Gasteiger partial charge in [-0.05, 0) is 50.2 Å². The van der Waals surface area contributed by atoms with Crippen molar-refractivity contribution in [2.24, 2.45) is 0 Å². The van der Waals surface area contributed by atoms with Gasteiger partial charge in [0.05, 0.1) is 16.6 Å². The Morgan fingerprint density at radius 1 is 1.00 bits per heavy atom. The van der Waals surface area contributed by atoms with Gasteiger partial charge >= 0.3 is 11.7 Å². The number of aromatic nitrogens is 2. The third-order valence-electron chi connectivity index (χ3n) is 4.27. The molecule has 1 heterocycles. The highest BCUT2D eigenvalue weighted by Crippen LogP contribution is 2.15. The molecule has 0 saturated heterocycles. The normalized spacial score (nSPS) is 12.1. The molecular weight excluding hydrogens is 336 g/mol. The molecule has 0 aliphatic rings. The molecule has 26 heavy (non-hydrogen) atoms. The van der Waals surface area contributed by atoms with Crippen LogP contribution in [0.2, 0.25) is 0 Å². The molecule has 2 aromatic carbocycles. The van der Waals surface area contributed by atoms with Gasteiger partial charge in [0.15, 0.2) is 5.78 Å². The summed E-state index contributed by atoms with van der Waals surface area (Å²) in [4.78, 5) is 48.7. The summed E-state index contributed by atoms with van der Waals surface area (Å²) in [6.45, 7) is 2.79. The fourth-order valence-electron chi connectivity index (χ4n) is 2.84. The average molecular weight is 352 g/mol. The average Bonchev–Trinajstić information content (AvgIpc) is 2.62. The van der Waals surface area contributed by atoms with Crippen molar-refractivity contribution >= 4 is 22.7 Å². The first-order chi connectivity index (χ1) is 12.3. The van der Waals surface area contributed by atoms with E-state index in [1.807, 2.05) is 0 Å². The predicted octanol–water partition coefficient (Wildman–Crippen LogP) is 2.00. The predicted molar refractivity (Wildman–Crippen MR) is 96.2 cm³/mol. The van der Waals surface area contributed by atoms with Crippen molar-refractivity contribution in [1.82, 2.24) is 9.13 Å². The minimum absolute atomic E-state index is 0.140. The molecule has 0 unspecified atom stereocenters. The summed E-state index contributed by atoms with van der Waals surface area (Å²) in [5.41, 5.74) is -0.327. The zero-order chi connectivity index (χ0) is 19.0. The van der Waals surface area contributed by atoms with Crippen molar-refractivity contribution in [1.29, 1.82) is 0 Å². The summed E-state index contributed by atoms with van der Waals surface area (Å²) >= 11 is 0. The summed E-state index contributed by atoms with van der Waals surface area (Å²) in [7, 11) is 0. The summed E-state index contributed by atoms with van der Waals surface area (Å²) in [5.74, 6) is -1.33. The highest BCUT2D eigenvalue weighted by atomic mass is 16.4. The van der Waals surface area contributed by atoms with Crippen LogP contribution in [0.4, 0.5) is 0 Å². The van der Waals surface area contributed by atoms with E-state index in [4.69, 9.17) is 0 Å². The van der Waals surface area contributed by atoms with Gasteiger partial charge in [0, 0.05) is 5.56 Å². The lowest BCUT2D eigenvalue weighted by molar-refractivity contribution is -0.140. The first kappa shape index (κ1) is 17.3. The molecule has 7 heteroatoms. The lowest BCUT2D eigenvalue weighted by atomic mass is 10.1. The Labute approximate surface area is 147 Å². The van der Waals surface area contributed by atoms with Crippen molar-refractivity contribution in [3.63, 3.8) is 0 Å². The number of carboxylic acid groups (broad SMARTS) is 1. The van der Waals surface area contributed by atoms with Crippen LogP contribution in [-0.2, 0) is 4.79 Å². The van der Waals surface area contributed by atoms with Gasteiger partial charge in [-0.1, -0.05) is 12.1 Å². The van der Waals surface area contributed by atoms with Crippen molar-refractivity contribution in [3.05, 3.63) is 74.9 Å². The molecule has 1 N–H and O–H groups in total. The number of nitrogens with zero attached hydrogens (tertiary/aromatic N) is 2. The zero-order valence-corrected chi connectivity index (χ0v) is 14.2. The van der Waals surface area contributed by atoms with Crippen LogP contribution in [0.5, 0.6) is 0 Å². The Morgan fingerprint density at radius 2 is 1.62 bits per heavy atom. The Hall–Kier alpha value is -3.48.